The summed E-state index contributed by atoms with van der Waals surface area (Å²) in [5.41, 5.74) is 1.46. The first-order valence-corrected chi connectivity index (χ1v) is 7.14. The molecule has 0 radical (unpaired) electrons. The smallest absolute Gasteiger partial charge is 0.338 e. The van der Waals surface area contributed by atoms with E-state index in [0.717, 1.165) is 31.4 Å². The minimum atomic E-state index is -0.231. The van der Waals surface area contributed by atoms with Crippen LogP contribution in [0.1, 0.15) is 42.5 Å². The van der Waals surface area contributed by atoms with Gasteiger partial charge in [0, 0.05) is 12.4 Å². The summed E-state index contributed by atoms with van der Waals surface area (Å²) < 4.78 is 7.31. The number of ether oxygens (including phenoxy) is 1. The van der Waals surface area contributed by atoms with Gasteiger partial charge in [-0.05, 0) is 49.9 Å². The zero-order valence-electron chi connectivity index (χ0n) is 11.4. The minimum Gasteiger partial charge on any atom is -0.459 e. The fraction of sp³-hybridized carbons (Fsp3) is 0.375. The van der Waals surface area contributed by atoms with E-state index in [1.54, 1.807) is 16.9 Å². The van der Waals surface area contributed by atoms with E-state index in [9.17, 15) is 4.79 Å². The van der Waals surface area contributed by atoms with Crippen LogP contribution >= 0.6 is 0 Å². The van der Waals surface area contributed by atoms with Crippen molar-refractivity contribution < 1.29 is 9.53 Å². The maximum Gasteiger partial charge on any atom is 0.338 e. The summed E-state index contributed by atoms with van der Waals surface area (Å²) in [6, 6.07) is 9.24. The van der Waals surface area contributed by atoms with Gasteiger partial charge in [-0.15, -0.1) is 0 Å². The Hall–Kier alpha value is -2.10. The highest BCUT2D eigenvalue weighted by Gasteiger charge is 2.18. The Balaban J connectivity index is 1.73. The number of esters is 1. The van der Waals surface area contributed by atoms with Crippen LogP contribution in [0.2, 0.25) is 0 Å². The lowest BCUT2D eigenvalue weighted by Crippen LogP contribution is -2.21. The fourth-order valence-electron chi connectivity index (χ4n) is 2.60. The summed E-state index contributed by atoms with van der Waals surface area (Å²) in [4.78, 5) is 12.2. The molecule has 1 aliphatic rings. The van der Waals surface area contributed by atoms with E-state index in [0.29, 0.717) is 5.56 Å². The maximum absolute atomic E-state index is 12.2. The maximum atomic E-state index is 12.2. The lowest BCUT2D eigenvalue weighted by molar-refractivity contribution is 0.0211. The Kier molecular flexibility index (Phi) is 3.81. The number of hydrogen-bond acceptors (Lipinski definition) is 3. The molecule has 0 spiro atoms. The molecule has 0 bridgehead atoms. The normalized spacial score (nSPS) is 16.0. The molecule has 20 heavy (non-hydrogen) atoms. The van der Waals surface area contributed by atoms with Crippen LogP contribution in [0.5, 0.6) is 0 Å². The highest BCUT2D eigenvalue weighted by atomic mass is 16.5. The first-order chi connectivity index (χ1) is 9.83. The summed E-state index contributed by atoms with van der Waals surface area (Å²) in [5, 5.41) is 4.17. The lowest BCUT2D eigenvalue weighted by Gasteiger charge is -2.21. The van der Waals surface area contributed by atoms with E-state index >= 15 is 0 Å². The average molecular weight is 270 g/mol. The van der Waals surface area contributed by atoms with Gasteiger partial charge in [-0.1, -0.05) is 12.5 Å². The van der Waals surface area contributed by atoms with Crippen molar-refractivity contribution in [2.45, 2.75) is 38.2 Å². The van der Waals surface area contributed by atoms with E-state index in [1.807, 2.05) is 30.5 Å². The molecule has 0 saturated heterocycles. The van der Waals surface area contributed by atoms with Crippen LogP contribution in [0.3, 0.4) is 0 Å². The molecule has 104 valence electrons. The van der Waals surface area contributed by atoms with Crippen LogP contribution in [0.15, 0.2) is 42.7 Å². The molecule has 1 heterocycles. The van der Waals surface area contributed by atoms with Crippen molar-refractivity contribution in [1.82, 2.24) is 9.78 Å². The monoisotopic (exact) mass is 270 g/mol. The summed E-state index contributed by atoms with van der Waals surface area (Å²) in [7, 11) is 0. The van der Waals surface area contributed by atoms with Gasteiger partial charge in [-0.3, -0.25) is 0 Å². The highest BCUT2D eigenvalue weighted by Crippen LogP contribution is 2.21. The van der Waals surface area contributed by atoms with Crippen LogP contribution in [-0.4, -0.2) is 21.9 Å². The van der Waals surface area contributed by atoms with Crippen LogP contribution in [-0.2, 0) is 4.74 Å². The van der Waals surface area contributed by atoms with Gasteiger partial charge in [-0.2, -0.15) is 5.10 Å². The summed E-state index contributed by atoms with van der Waals surface area (Å²) in [5.74, 6) is -0.231. The second-order valence-corrected chi connectivity index (χ2v) is 5.17. The molecule has 1 aromatic carbocycles. The van der Waals surface area contributed by atoms with E-state index in [1.165, 1.54) is 6.42 Å². The highest BCUT2D eigenvalue weighted by molar-refractivity contribution is 5.90. The number of nitrogens with zero attached hydrogens (tertiary/aromatic N) is 2. The number of hydrogen-bond donors (Lipinski definition) is 0. The van der Waals surface area contributed by atoms with Gasteiger partial charge in [0.1, 0.15) is 6.10 Å². The Bertz CT molecular complexity index is 572. The molecule has 0 amide bonds. The summed E-state index contributed by atoms with van der Waals surface area (Å²) >= 11 is 0. The first-order valence-electron chi connectivity index (χ1n) is 7.14. The molecular weight excluding hydrogens is 252 g/mol. The second kappa shape index (κ2) is 5.90. The molecule has 2 aromatic rings. The second-order valence-electron chi connectivity index (χ2n) is 5.17. The fourth-order valence-corrected chi connectivity index (χ4v) is 2.60. The largest absolute Gasteiger partial charge is 0.459 e. The predicted octanol–water partition coefficient (Wildman–Crippen LogP) is 3.36. The van der Waals surface area contributed by atoms with Crippen molar-refractivity contribution in [3.8, 4) is 5.69 Å². The lowest BCUT2D eigenvalue weighted by atomic mass is 9.98. The SMILES string of the molecule is O=C(OC1CCCCC1)c1cccc(-n2cccn2)c1. The van der Waals surface area contributed by atoms with E-state index in [2.05, 4.69) is 5.10 Å². The molecular formula is C16H18N2O2. The van der Waals surface area contributed by atoms with Gasteiger partial charge in [0.2, 0.25) is 0 Å². The topological polar surface area (TPSA) is 44.1 Å². The number of rotatable bonds is 3. The van der Waals surface area contributed by atoms with Crippen molar-refractivity contribution in [1.29, 1.82) is 0 Å². The molecule has 1 saturated carbocycles. The van der Waals surface area contributed by atoms with Crippen LogP contribution in [0.4, 0.5) is 0 Å². The number of benzene rings is 1. The quantitative estimate of drug-likeness (QED) is 0.803. The molecule has 1 aliphatic carbocycles. The van der Waals surface area contributed by atoms with Crippen LogP contribution in [0, 0.1) is 0 Å². The van der Waals surface area contributed by atoms with Crippen molar-refractivity contribution in [3.63, 3.8) is 0 Å². The Labute approximate surface area is 118 Å². The predicted molar refractivity (Wildman–Crippen MR) is 75.9 cm³/mol. The zero-order chi connectivity index (χ0) is 13.8. The molecule has 0 N–H and O–H groups in total. The number of carbonyl (C=O) groups is 1. The molecule has 4 heteroatoms. The molecule has 3 rings (SSSR count). The van der Waals surface area contributed by atoms with Crippen molar-refractivity contribution in [3.05, 3.63) is 48.3 Å². The number of aromatic nitrogens is 2. The zero-order valence-corrected chi connectivity index (χ0v) is 11.4. The van der Waals surface area contributed by atoms with Gasteiger partial charge in [-0.25, -0.2) is 9.48 Å². The van der Waals surface area contributed by atoms with E-state index < -0.39 is 0 Å². The number of carbonyl (C=O) groups excluding carboxylic acids is 1. The molecule has 0 atom stereocenters. The van der Waals surface area contributed by atoms with E-state index in [-0.39, 0.29) is 12.1 Å². The van der Waals surface area contributed by atoms with Crippen molar-refractivity contribution >= 4 is 5.97 Å². The third-order valence-corrected chi connectivity index (χ3v) is 3.68. The summed E-state index contributed by atoms with van der Waals surface area (Å²) in [6.45, 7) is 0. The van der Waals surface area contributed by atoms with Crippen molar-refractivity contribution in [2.75, 3.05) is 0 Å². The van der Waals surface area contributed by atoms with Crippen LogP contribution < -0.4 is 0 Å². The molecule has 1 aromatic heterocycles. The van der Waals surface area contributed by atoms with Crippen LogP contribution in [0.25, 0.3) is 5.69 Å². The van der Waals surface area contributed by atoms with Gasteiger partial charge < -0.3 is 4.74 Å². The van der Waals surface area contributed by atoms with Gasteiger partial charge in [0.05, 0.1) is 11.3 Å². The Morgan fingerprint density at radius 3 is 2.80 bits per heavy atom. The molecule has 1 fully saturated rings. The molecule has 0 aliphatic heterocycles. The Morgan fingerprint density at radius 1 is 1.20 bits per heavy atom. The third kappa shape index (κ3) is 2.90. The Morgan fingerprint density at radius 2 is 2.05 bits per heavy atom. The van der Waals surface area contributed by atoms with Gasteiger partial charge in [0.15, 0.2) is 0 Å². The van der Waals surface area contributed by atoms with Crippen molar-refractivity contribution in [2.24, 2.45) is 0 Å². The molecule has 4 nitrogen and oxygen atoms in total. The minimum absolute atomic E-state index is 0.0876. The average Bonchev–Trinajstić information content (AvgIpc) is 3.03. The first kappa shape index (κ1) is 12.9. The standard InChI is InChI=1S/C16H18N2O2/c19-16(20-15-8-2-1-3-9-15)13-6-4-7-14(12-13)18-11-5-10-17-18/h4-7,10-12,15H,1-3,8-9H2. The van der Waals surface area contributed by atoms with Gasteiger partial charge in [0.25, 0.3) is 0 Å². The van der Waals surface area contributed by atoms with E-state index in [4.69, 9.17) is 4.74 Å². The third-order valence-electron chi connectivity index (χ3n) is 3.68. The molecule has 0 unspecified atom stereocenters. The van der Waals surface area contributed by atoms with Gasteiger partial charge >= 0.3 is 5.97 Å². The summed E-state index contributed by atoms with van der Waals surface area (Å²) in [6.07, 6.45) is 9.21.